The molecular formula is C12H18O2S. The van der Waals surface area contributed by atoms with Crippen LogP contribution in [0.2, 0.25) is 0 Å². The van der Waals surface area contributed by atoms with Gasteiger partial charge in [0.15, 0.2) is 0 Å². The third-order valence-corrected chi connectivity index (χ3v) is 3.91. The van der Waals surface area contributed by atoms with Gasteiger partial charge in [0.2, 0.25) is 0 Å². The van der Waals surface area contributed by atoms with E-state index in [1.165, 1.54) is 0 Å². The lowest BCUT2D eigenvalue weighted by Crippen LogP contribution is -2.08. The summed E-state index contributed by atoms with van der Waals surface area (Å²) in [5.41, 5.74) is 1.70. The Morgan fingerprint density at radius 2 is 1.73 bits per heavy atom. The Morgan fingerprint density at radius 3 is 2.20 bits per heavy atom. The van der Waals surface area contributed by atoms with Gasteiger partial charge in [0.25, 0.3) is 0 Å². The second-order valence-corrected chi connectivity index (χ2v) is 5.78. The largest absolute Gasteiger partial charge is 0.616 e. The molecule has 84 valence electrons. The smallest absolute Gasteiger partial charge is 0.141 e. The molecule has 1 aromatic rings. The molecule has 0 saturated heterocycles. The van der Waals surface area contributed by atoms with Gasteiger partial charge in [0, 0.05) is 5.56 Å². The van der Waals surface area contributed by atoms with E-state index in [1.807, 2.05) is 39.0 Å². The average Bonchev–Trinajstić information content (AvgIpc) is 2.16. The van der Waals surface area contributed by atoms with Crippen molar-refractivity contribution in [3.8, 4) is 5.75 Å². The van der Waals surface area contributed by atoms with Crippen molar-refractivity contribution in [3.63, 3.8) is 0 Å². The van der Waals surface area contributed by atoms with E-state index in [0.717, 1.165) is 11.1 Å². The molecule has 2 nitrogen and oxygen atoms in total. The molecule has 1 rings (SSSR count). The Morgan fingerprint density at radius 1 is 1.20 bits per heavy atom. The van der Waals surface area contributed by atoms with Crippen molar-refractivity contribution in [3.05, 3.63) is 29.3 Å². The Hall–Kier alpha value is -0.670. The summed E-state index contributed by atoms with van der Waals surface area (Å²) in [5, 5.41) is 9.92. The topological polar surface area (TPSA) is 43.3 Å². The molecule has 15 heavy (non-hydrogen) atoms. The molecular weight excluding hydrogens is 208 g/mol. The van der Waals surface area contributed by atoms with E-state index in [0.29, 0.717) is 5.75 Å². The molecule has 2 atom stereocenters. The summed E-state index contributed by atoms with van der Waals surface area (Å²) < 4.78 is 11.4. The van der Waals surface area contributed by atoms with Crippen LogP contribution in [0.4, 0.5) is 0 Å². The number of phenolic OH excluding ortho intramolecular Hbond substituents is 1. The molecule has 0 aromatic heterocycles. The van der Waals surface area contributed by atoms with Crippen molar-refractivity contribution in [2.75, 3.05) is 6.26 Å². The van der Waals surface area contributed by atoms with Gasteiger partial charge in [-0.2, -0.15) is 0 Å². The van der Waals surface area contributed by atoms with Crippen molar-refractivity contribution < 1.29 is 9.66 Å². The standard InChI is InChI=1S/C12H18O2S/c1-8(2)10-6-5-7-11(12(10)13)9(3)15(4)14/h5-9,13H,1-4H3. The minimum Gasteiger partial charge on any atom is -0.616 e. The number of hydrogen-bond donors (Lipinski definition) is 1. The first-order chi connectivity index (χ1) is 6.95. The fourth-order valence-corrected chi connectivity index (χ4v) is 2.10. The summed E-state index contributed by atoms with van der Waals surface area (Å²) in [7, 11) is 0. The first-order valence-corrected chi connectivity index (χ1v) is 6.71. The molecule has 0 bridgehead atoms. The van der Waals surface area contributed by atoms with Crippen LogP contribution in [0.1, 0.15) is 43.1 Å². The van der Waals surface area contributed by atoms with Crippen LogP contribution in [0, 0.1) is 0 Å². The minimum absolute atomic E-state index is 0.122. The summed E-state index contributed by atoms with van der Waals surface area (Å²) in [5.74, 6) is 0.581. The number of phenols is 1. The second-order valence-electron chi connectivity index (χ2n) is 4.08. The van der Waals surface area contributed by atoms with E-state index in [1.54, 1.807) is 6.26 Å². The van der Waals surface area contributed by atoms with Gasteiger partial charge in [-0.05, 0) is 29.6 Å². The van der Waals surface area contributed by atoms with Crippen LogP contribution in [-0.4, -0.2) is 15.9 Å². The lowest BCUT2D eigenvalue weighted by Gasteiger charge is -2.18. The Bertz CT molecular complexity index is 334. The van der Waals surface area contributed by atoms with Crippen LogP contribution in [0.3, 0.4) is 0 Å². The fourth-order valence-electron chi connectivity index (χ4n) is 1.55. The minimum atomic E-state index is -0.953. The van der Waals surface area contributed by atoms with Gasteiger partial charge < -0.3 is 9.66 Å². The van der Waals surface area contributed by atoms with Gasteiger partial charge in [0.1, 0.15) is 11.0 Å². The zero-order valence-corrected chi connectivity index (χ0v) is 10.5. The number of aromatic hydroxyl groups is 1. The zero-order chi connectivity index (χ0) is 11.6. The third-order valence-electron chi connectivity index (χ3n) is 2.66. The maximum atomic E-state index is 11.4. The van der Waals surface area contributed by atoms with Crippen LogP contribution in [0.5, 0.6) is 5.75 Å². The van der Waals surface area contributed by atoms with Crippen LogP contribution in [0.25, 0.3) is 0 Å². The molecule has 0 spiro atoms. The van der Waals surface area contributed by atoms with Gasteiger partial charge in [-0.25, -0.2) is 0 Å². The lowest BCUT2D eigenvalue weighted by molar-refractivity contribution is 0.456. The highest BCUT2D eigenvalue weighted by Crippen LogP contribution is 2.35. The summed E-state index contributed by atoms with van der Waals surface area (Å²) in [6, 6.07) is 5.66. The lowest BCUT2D eigenvalue weighted by atomic mass is 9.98. The van der Waals surface area contributed by atoms with E-state index in [4.69, 9.17) is 0 Å². The second kappa shape index (κ2) is 4.90. The maximum Gasteiger partial charge on any atom is 0.141 e. The molecule has 2 unspecified atom stereocenters. The van der Waals surface area contributed by atoms with Gasteiger partial charge in [-0.15, -0.1) is 0 Å². The highest BCUT2D eigenvalue weighted by Gasteiger charge is 2.20. The molecule has 0 aliphatic rings. The van der Waals surface area contributed by atoms with Crippen molar-refractivity contribution in [1.82, 2.24) is 0 Å². The Labute approximate surface area is 94.5 Å². The molecule has 0 aliphatic carbocycles. The van der Waals surface area contributed by atoms with Crippen molar-refractivity contribution in [2.24, 2.45) is 0 Å². The zero-order valence-electron chi connectivity index (χ0n) is 9.65. The molecule has 0 aliphatic heterocycles. The summed E-state index contributed by atoms with van der Waals surface area (Å²) in [6.45, 7) is 5.94. The Kier molecular flexibility index (Phi) is 4.05. The first-order valence-electron chi connectivity index (χ1n) is 5.09. The quantitative estimate of drug-likeness (QED) is 0.805. The number of rotatable bonds is 3. The molecule has 0 radical (unpaired) electrons. The van der Waals surface area contributed by atoms with E-state index >= 15 is 0 Å². The molecule has 1 aromatic carbocycles. The first kappa shape index (κ1) is 12.4. The molecule has 1 N–H and O–H groups in total. The van der Waals surface area contributed by atoms with Crippen molar-refractivity contribution in [1.29, 1.82) is 0 Å². The van der Waals surface area contributed by atoms with Crippen LogP contribution < -0.4 is 0 Å². The van der Waals surface area contributed by atoms with Gasteiger partial charge in [0.05, 0.1) is 6.26 Å². The molecule has 0 heterocycles. The number of para-hydroxylation sites is 1. The monoisotopic (exact) mass is 226 g/mol. The van der Waals surface area contributed by atoms with Gasteiger partial charge >= 0.3 is 0 Å². The van der Waals surface area contributed by atoms with E-state index in [9.17, 15) is 9.66 Å². The number of hydrogen-bond acceptors (Lipinski definition) is 2. The van der Waals surface area contributed by atoms with Crippen LogP contribution in [-0.2, 0) is 11.2 Å². The van der Waals surface area contributed by atoms with Crippen LogP contribution >= 0.6 is 0 Å². The van der Waals surface area contributed by atoms with E-state index in [-0.39, 0.29) is 11.2 Å². The molecule has 0 saturated carbocycles. The van der Waals surface area contributed by atoms with Crippen molar-refractivity contribution in [2.45, 2.75) is 31.9 Å². The predicted molar refractivity (Wildman–Crippen MR) is 64.7 cm³/mol. The molecule has 0 fully saturated rings. The van der Waals surface area contributed by atoms with Crippen LogP contribution in [0.15, 0.2) is 18.2 Å². The molecule has 0 amide bonds. The van der Waals surface area contributed by atoms with Crippen molar-refractivity contribution >= 4 is 11.2 Å². The fraction of sp³-hybridized carbons (Fsp3) is 0.500. The Balaban J connectivity index is 3.15. The average molecular weight is 226 g/mol. The highest BCUT2D eigenvalue weighted by molar-refractivity contribution is 7.90. The number of benzene rings is 1. The van der Waals surface area contributed by atoms with E-state index < -0.39 is 11.2 Å². The summed E-state index contributed by atoms with van der Waals surface area (Å²) in [4.78, 5) is 0. The summed E-state index contributed by atoms with van der Waals surface area (Å²) >= 11 is -0.953. The predicted octanol–water partition coefficient (Wildman–Crippen LogP) is 2.96. The third kappa shape index (κ3) is 2.67. The normalized spacial score (nSPS) is 15.3. The SMILES string of the molecule is CC(C)c1cccc(C(C)[S+](C)[O-])c1O. The van der Waals surface area contributed by atoms with Gasteiger partial charge in [-0.3, -0.25) is 0 Å². The van der Waals surface area contributed by atoms with Gasteiger partial charge in [-0.1, -0.05) is 32.0 Å². The maximum absolute atomic E-state index is 11.4. The summed E-state index contributed by atoms with van der Waals surface area (Å²) in [6.07, 6.45) is 1.66. The highest BCUT2D eigenvalue weighted by atomic mass is 32.2. The van der Waals surface area contributed by atoms with E-state index in [2.05, 4.69) is 0 Å². The molecule has 3 heteroatoms.